The summed E-state index contributed by atoms with van der Waals surface area (Å²) in [5.74, 6) is 0. The van der Waals surface area contributed by atoms with Gasteiger partial charge in [0.2, 0.25) is 0 Å². The van der Waals surface area contributed by atoms with Crippen LogP contribution in [-0.4, -0.2) is 18.5 Å². The lowest BCUT2D eigenvalue weighted by Crippen LogP contribution is -2.29. The molecule has 1 aliphatic rings. The first kappa shape index (κ1) is 12.0. The first-order valence-corrected chi connectivity index (χ1v) is 5.24. The fraction of sp³-hybridized carbons (Fsp3) is 0.364. The van der Waals surface area contributed by atoms with Crippen molar-refractivity contribution in [3.63, 3.8) is 0 Å². The van der Waals surface area contributed by atoms with Crippen LogP contribution < -0.4 is 5.32 Å². The van der Waals surface area contributed by atoms with Crippen LogP contribution in [0, 0.1) is 0 Å². The van der Waals surface area contributed by atoms with Crippen molar-refractivity contribution in [3.8, 4) is 0 Å². The molecule has 0 spiro atoms. The summed E-state index contributed by atoms with van der Waals surface area (Å²) in [6.07, 6.45) is 1.39. The van der Waals surface area contributed by atoms with Crippen LogP contribution in [0.5, 0.6) is 0 Å². The highest BCUT2D eigenvalue weighted by Gasteiger charge is 1.95. The first-order valence-electron chi connectivity index (χ1n) is 4.86. The van der Waals surface area contributed by atoms with Gasteiger partial charge in [-0.1, -0.05) is 30.3 Å². The third-order valence-corrected chi connectivity index (χ3v) is 2.01. The molecule has 0 aromatic heterocycles. The lowest BCUT2D eigenvalue weighted by molar-refractivity contribution is 0.167. The average Bonchev–Trinajstić information content (AvgIpc) is 2.14. The zero-order valence-electron chi connectivity index (χ0n) is 8.41. The minimum absolute atomic E-state index is 0.239. The van der Waals surface area contributed by atoms with Gasteiger partial charge in [-0.15, -0.1) is 0 Å². The van der Waals surface area contributed by atoms with Gasteiger partial charge in [-0.25, -0.2) is 4.79 Å². The minimum Gasteiger partial charge on any atom is -0.449 e. The number of benzene rings is 1. The van der Waals surface area contributed by atoms with E-state index in [-0.39, 0.29) is 6.61 Å². The molecule has 1 saturated heterocycles. The standard InChI is InChI=1S/C8H7ClO2.C3H7N/c9-8(10)11-6-7-4-2-1-3-5-7;1-2-4-3-1/h1-5H,6H2;4H,1-3H2. The van der Waals surface area contributed by atoms with Crippen LogP contribution in [-0.2, 0) is 11.3 Å². The van der Waals surface area contributed by atoms with Gasteiger partial charge in [0.15, 0.2) is 0 Å². The molecule has 1 heterocycles. The maximum absolute atomic E-state index is 10.2. The van der Waals surface area contributed by atoms with Crippen LogP contribution >= 0.6 is 11.6 Å². The summed E-state index contributed by atoms with van der Waals surface area (Å²) in [6, 6.07) is 9.36. The molecule has 0 aliphatic carbocycles. The van der Waals surface area contributed by atoms with E-state index in [2.05, 4.69) is 10.1 Å². The van der Waals surface area contributed by atoms with Gasteiger partial charge >= 0.3 is 5.43 Å². The predicted octanol–water partition coefficient (Wildman–Crippen LogP) is 2.54. The molecule has 1 N–H and O–H groups in total. The Labute approximate surface area is 94.4 Å². The second kappa shape index (κ2) is 7.26. The van der Waals surface area contributed by atoms with Gasteiger partial charge in [0.25, 0.3) is 0 Å². The van der Waals surface area contributed by atoms with Crippen molar-refractivity contribution >= 4 is 17.0 Å². The molecule has 1 fully saturated rings. The van der Waals surface area contributed by atoms with E-state index in [4.69, 9.17) is 11.6 Å². The Morgan fingerprint density at radius 3 is 2.27 bits per heavy atom. The van der Waals surface area contributed by atoms with Crippen molar-refractivity contribution < 1.29 is 9.53 Å². The van der Waals surface area contributed by atoms with Crippen LogP contribution in [0.15, 0.2) is 30.3 Å². The van der Waals surface area contributed by atoms with Gasteiger partial charge in [-0.3, -0.25) is 0 Å². The van der Waals surface area contributed by atoms with E-state index in [1.165, 1.54) is 19.5 Å². The highest BCUT2D eigenvalue weighted by atomic mass is 35.5. The van der Waals surface area contributed by atoms with Gasteiger partial charge in [0.1, 0.15) is 6.61 Å². The lowest BCUT2D eigenvalue weighted by atomic mass is 10.2. The molecule has 1 aromatic carbocycles. The minimum atomic E-state index is -0.770. The summed E-state index contributed by atoms with van der Waals surface area (Å²) in [5.41, 5.74) is 0.162. The third kappa shape index (κ3) is 6.10. The summed E-state index contributed by atoms with van der Waals surface area (Å²) in [5, 5.41) is 3.11. The topological polar surface area (TPSA) is 38.3 Å². The Balaban J connectivity index is 0.000000234. The van der Waals surface area contributed by atoms with Crippen molar-refractivity contribution in [1.82, 2.24) is 5.32 Å². The number of ether oxygens (including phenoxy) is 1. The lowest BCUT2D eigenvalue weighted by Gasteiger charge is -2.09. The monoisotopic (exact) mass is 227 g/mol. The molecule has 0 bridgehead atoms. The molecular weight excluding hydrogens is 214 g/mol. The van der Waals surface area contributed by atoms with E-state index in [1.54, 1.807) is 0 Å². The molecule has 0 saturated carbocycles. The molecule has 0 unspecified atom stereocenters. The van der Waals surface area contributed by atoms with Crippen molar-refractivity contribution in [2.75, 3.05) is 13.1 Å². The van der Waals surface area contributed by atoms with Gasteiger partial charge in [0.05, 0.1) is 0 Å². The van der Waals surface area contributed by atoms with E-state index in [0.29, 0.717) is 0 Å². The van der Waals surface area contributed by atoms with Crippen molar-refractivity contribution in [1.29, 1.82) is 0 Å². The molecule has 0 amide bonds. The molecule has 3 nitrogen and oxygen atoms in total. The Kier molecular flexibility index (Phi) is 5.81. The number of hydrogen-bond donors (Lipinski definition) is 1. The smallest absolute Gasteiger partial charge is 0.404 e. The van der Waals surface area contributed by atoms with E-state index >= 15 is 0 Å². The highest BCUT2D eigenvalue weighted by Crippen LogP contribution is 2.01. The maximum Gasteiger partial charge on any atom is 0.404 e. The van der Waals surface area contributed by atoms with Crippen molar-refractivity contribution in [2.24, 2.45) is 0 Å². The number of carbonyl (C=O) groups excluding carboxylic acids is 1. The summed E-state index contributed by atoms with van der Waals surface area (Å²) < 4.78 is 4.55. The Morgan fingerprint density at radius 1 is 1.33 bits per heavy atom. The molecular formula is C11H14ClNO2. The number of carbonyl (C=O) groups is 1. The fourth-order valence-electron chi connectivity index (χ4n) is 0.891. The zero-order chi connectivity index (χ0) is 10.9. The summed E-state index contributed by atoms with van der Waals surface area (Å²) in [7, 11) is 0. The normalized spacial score (nSPS) is 13.1. The van der Waals surface area contributed by atoms with Crippen molar-refractivity contribution in [3.05, 3.63) is 35.9 Å². The van der Waals surface area contributed by atoms with Gasteiger partial charge in [-0.05, 0) is 25.1 Å². The van der Waals surface area contributed by atoms with Crippen LogP contribution in [0.2, 0.25) is 0 Å². The van der Waals surface area contributed by atoms with E-state index < -0.39 is 5.43 Å². The Morgan fingerprint density at radius 2 is 1.87 bits per heavy atom. The first-order chi connectivity index (χ1) is 7.29. The number of halogens is 1. The number of hydrogen-bond acceptors (Lipinski definition) is 3. The van der Waals surface area contributed by atoms with Crippen LogP contribution in [0.25, 0.3) is 0 Å². The Bertz CT molecular complexity index is 282. The molecule has 2 rings (SSSR count). The van der Waals surface area contributed by atoms with Crippen molar-refractivity contribution in [2.45, 2.75) is 13.0 Å². The SMILES string of the molecule is C1CNC1.O=C(Cl)OCc1ccccc1. The molecule has 15 heavy (non-hydrogen) atoms. The van der Waals surface area contributed by atoms with E-state index in [1.807, 2.05) is 30.3 Å². The highest BCUT2D eigenvalue weighted by molar-refractivity contribution is 6.61. The molecule has 1 aliphatic heterocycles. The number of nitrogens with one attached hydrogen (secondary N) is 1. The summed E-state index contributed by atoms with van der Waals surface area (Å²) in [4.78, 5) is 10.2. The average molecular weight is 228 g/mol. The molecule has 0 radical (unpaired) electrons. The van der Waals surface area contributed by atoms with E-state index in [0.717, 1.165) is 5.56 Å². The maximum atomic E-state index is 10.2. The number of rotatable bonds is 2. The molecule has 82 valence electrons. The molecule has 0 atom stereocenters. The third-order valence-electron chi connectivity index (χ3n) is 1.90. The van der Waals surface area contributed by atoms with E-state index in [9.17, 15) is 4.79 Å². The summed E-state index contributed by atoms with van der Waals surface area (Å²) in [6.45, 7) is 2.74. The quantitative estimate of drug-likeness (QED) is 0.790. The van der Waals surface area contributed by atoms with Gasteiger partial charge < -0.3 is 10.1 Å². The predicted molar refractivity (Wildman–Crippen MR) is 60.0 cm³/mol. The van der Waals surface area contributed by atoms with Gasteiger partial charge in [0, 0.05) is 11.6 Å². The molecule has 1 aromatic rings. The molecule has 4 heteroatoms. The largest absolute Gasteiger partial charge is 0.449 e. The Hall–Kier alpha value is -1.06. The van der Waals surface area contributed by atoms with Crippen LogP contribution in [0.4, 0.5) is 4.79 Å². The second-order valence-corrected chi connectivity index (χ2v) is 3.42. The summed E-state index contributed by atoms with van der Waals surface area (Å²) >= 11 is 4.97. The fourth-order valence-corrected chi connectivity index (χ4v) is 0.946. The second-order valence-electron chi connectivity index (χ2n) is 3.12. The zero-order valence-corrected chi connectivity index (χ0v) is 9.17. The van der Waals surface area contributed by atoms with Crippen LogP contribution in [0.3, 0.4) is 0 Å². The van der Waals surface area contributed by atoms with Crippen LogP contribution in [0.1, 0.15) is 12.0 Å². The van der Waals surface area contributed by atoms with Gasteiger partial charge in [-0.2, -0.15) is 0 Å².